The van der Waals surface area contributed by atoms with E-state index >= 15 is 0 Å². The summed E-state index contributed by atoms with van der Waals surface area (Å²) in [6.45, 7) is 0.250. The van der Waals surface area contributed by atoms with Gasteiger partial charge in [-0.2, -0.15) is 0 Å². The number of hydrogen-bond acceptors (Lipinski definition) is 7. The Labute approximate surface area is 225 Å². The summed E-state index contributed by atoms with van der Waals surface area (Å²) in [5.74, 6) is 0.127. The van der Waals surface area contributed by atoms with E-state index in [-0.39, 0.29) is 34.8 Å². The fraction of sp³-hybridized carbons (Fsp3) is 0.115. The van der Waals surface area contributed by atoms with Gasteiger partial charge in [-0.1, -0.05) is 29.8 Å². The third-order valence-corrected chi connectivity index (χ3v) is 6.77. The molecule has 1 saturated heterocycles. The Balaban J connectivity index is 1.46. The van der Waals surface area contributed by atoms with E-state index in [4.69, 9.17) is 25.8 Å². The molecule has 184 valence electrons. The van der Waals surface area contributed by atoms with E-state index in [1.807, 2.05) is 0 Å². The SMILES string of the molecule is COc1cc(/C=C2\SC(=O)N(CCOc3ccc(Cl)cc3)C2=O)cc(Br)c1OC(=O)c1ccccc1. The first-order chi connectivity index (χ1) is 17.4. The zero-order valence-electron chi connectivity index (χ0n) is 18.9. The smallest absolute Gasteiger partial charge is 0.343 e. The largest absolute Gasteiger partial charge is 0.493 e. The molecular weight excluding hydrogens is 570 g/mol. The predicted molar refractivity (Wildman–Crippen MR) is 142 cm³/mol. The van der Waals surface area contributed by atoms with Crippen molar-refractivity contribution in [3.05, 3.63) is 92.3 Å². The molecule has 0 N–H and O–H groups in total. The first-order valence-electron chi connectivity index (χ1n) is 10.6. The van der Waals surface area contributed by atoms with Crippen LogP contribution in [0.1, 0.15) is 15.9 Å². The minimum Gasteiger partial charge on any atom is -0.493 e. The maximum absolute atomic E-state index is 12.8. The van der Waals surface area contributed by atoms with Crippen LogP contribution in [0.5, 0.6) is 17.2 Å². The number of imide groups is 1. The molecule has 0 aromatic heterocycles. The van der Waals surface area contributed by atoms with Gasteiger partial charge in [0.25, 0.3) is 11.1 Å². The topological polar surface area (TPSA) is 82.1 Å². The first kappa shape index (κ1) is 25.8. The van der Waals surface area contributed by atoms with Crippen LogP contribution in [0, 0.1) is 0 Å². The van der Waals surface area contributed by atoms with E-state index in [9.17, 15) is 14.4 Å². The van der Waals surface area contributed by atoms with Crippen LogP contribution in [0.15, 0.2) is 76.1 Å². The number of amides is 2. The van der Waals surface area contributed by atoms with Gasteiger partial charge in [-0.05, 0) is 87.9 Å². The van der Waals surface area contributed by atoms with E-state index in [0.717, 1.165) is 16.7 Å². The summed E-state index contributed by atoms with van der Waals surface area (Å²) in [5, 5.41) is 0.203. The third-order valence-electron chi connectivity index (χ3n) is 5.02. The second-order valence-corrected chi connectivity index (χ2v) is 9.71. The average Bonchev–Trinajstić information content (AvgIpc) is 3.14. The van der Waals surface area contributed by atoms with E-state index in [2.05, 4.69) is 15.9 Å². The molecule has 36 heavy (non-hydrogen) atoms. The Morgan fingerprint density at radius 1 is 1.08 bits per heavy atom. The summed E-state index contributed by atoms with van der Waals surface area (Å²) in [4.78, 5) is 39.2. The molecule has 2 amide bonds. The molecule has 3 aromatic rings. The highest BCUT2D eigenvalue weighted by Gasteiger charge is 2.35. The van der Waals surface area contributed by atoms with Gasteiger partial charge in [0, 0.05) is 5.02 Å². The molecule has 7 nitrogen and oxygen atoms in total. The van der Waals surface area contributed by atoms with Gasteiger partial charge in [0.2, 0.25) is 0 Å². The van der Waals surface area contributed by atoms with Crippen molar-refractivity contribution in [3.8, 4) is 17.2 Å². The van der Waals surface area contributed by atoms with Gasteiger partial charge in [-0.15, -0.1) is 0 Å². The molecule has 1 aliphatic rings. The van der Waals surface area contributed by atoms with E-state index < -0.39 is 11.9 Å². The first-order valence-corrected chi connectivity index (χ1v) is 12.6. The molecule has 0 unspecified atom stereocenters. The summed E-state index contributed by atoms with van der Waals surface area (Å²) < 4.78 is 17.0. The van der Waals surface area contributed by atoms with Crippen molar-refractivity contribution in [3.63, 3.8) is 0 Å². The molecule has 0 saturated carbocycles. The van der Waals surface area contributed by atoms with E-state index in [1.54, 1.807) is 72.8 Å². The minimum atomic E-state index is -0.538. The van der Waals surface area contributed by atoms with Gasteiger partial charge in [0.1, 0.15) is 12.4 Å². The molecule has 1 heterocycles. The van der Waals surface area contributed by atoms with Crippen LogP contribution in [0.4, 0.5) is 4.79 Å². The Bertz CT molecular complexity index is 1330. The number of thioether (sulfide) groups is 1. The maximum Gasteiger partial charge on any atom is 0.343 e. The van der Waals surface area contributed by atoms with Crippen LogP contribution in [0.25, 0.3) is 6.08 Å². The Morgan fingerprint density at radius 2 is 1.81 bits per heavy atom. The number of benzene rings is 3. The van der Waals surface area contributed by atoms with Crippen molar-refractivity contribution in [1.82, 2.24) is 4.90 Å². The van der Waals surface area contributed by atoms with Gasteiger partial charge < -0.3 is 14.2 Å². The van der Waals surface area contributed by atoms with Gasteiger partial charge in [0.05, 0.1) is 28.6 Å². The van der Waals surface area contributed by atoms with Crippen LogP contribution < -0.4 is 14.2 Å². The Morgan fingerprint density at radius 3 is 2.50 bits per heavy atom. The lowest BCUT2D eigenvalue weighted by Crippen LogP contribution is -2.32. The molecule has 0 aliphatic carbocycles. The Kier molecular flexibility index (Phi) is 8.35. The number of halogens is 2. The van der Waals surface area contributed by atoms with Gasteiger partial charge in [-0.25, -0.2) is 4.79 Å². The lowest BCUT2D eigenvalue weighted by Gasteiger charge is -2.13. The summed E-state index contributed by atoms with van der Waals surface area (Å²) in [7, 11) is 1.44. The zero-order chi connectivity index (χ0) is 25.7. The Hall–Kier alpha value is -3.27. The molecule has 0 spiro atoms. The number of carbonyl (C=O) groups is 3. The van der Waals surface area contributed by atoms with E-state index in [1.165, 1.54) is 7.11 Å². The number of rotatable bonds is 8. The van der Waals surface area contributed by atoms with Crippen molar-refractivity contribution in [1.29, 1.82) is 0 Å². The highest BCUT2D eigenvalue weighted by atomic mass is 79.9. The summed E-state index contributed by atoms with van der Waals surface area (Å²) in [6.07, 6.45) is 1.58. The molecule has 1 fully saturated rings. The number of ether oxygens (including phenoxy) is 3. The van der Waals surface area contributed by atoms with Crippen LogP contribution >= 0.6 is 39.3 Å². The maximum atomic E-state index is 12.8. The lowest BCUT2D eigenvalue weighted by molar-refractivity contribution is -0.123. The van der Waals surface area contributed by atoms with Gasteiger partial charge >= 0.3 is 5.97 Å². The lowest BCUT2D eigenvalue weighted by atomic mass is 10.1. The van der Waals surface area contributed by atoms with Gasteiger partial charge in [0.15, 0.2) is 11.5 Å². The molecular formula is C26H19BrClNO6S. The van der Waals surface area contributed by atoms with Crippen molar-refractivity contribution in [2.45, 2.75) is 0 Å². The van der Waals surface area contributed by atoms with Crippen molar-refractivity contribution in [2.24, 2.45) is 0 Å². The highest BCUT2D eigenvalue weighted by molar-refractivity contribution is 9.10. The molecule has 10 heteroatoms. The monoisotopic (exact) mass is 587 g/mol. The number of nitrogens with zero attached hydrogens (tertiary/aromatic N) is 1. The predicted octanol–water partition coefficient (Wildman–Crippen LogP) is 6.45. The summed E-state index contributed by atoms with van der Waals surface area (Å²) in [6, 6.07) is 18.7. The number of carbonyl (C=O) groups excluding carboxylic acids is 3. The van der Waals surface area contributed by atoms with E-state index in [0.29, 0.717) is 26.4 Å². The van der Waals surface area contributed by atoms with Crippen LogP contribution in [0.3, 0.4) is 0 Å². The second-order valence-electron chi connectivity index (χ2n) is 7.43. The average molecular weight is 589 g/mol. The molecule has 0 radical (unpaired) electrons. The molecule has 4 rings (SSSR count). The quantitative estimate of drug-likeness (QED) is 0.170. The second kappa shape index (κ2) is 11.6. The standard InChI is InChI=1S/C26H19BrClNO6S/c1-33-21-14-16(13-20(27)23(21)35-25(31)17-5-3-2-4-6-17)15-22-24(30)29(26(32)36-22)11-12-34-19-9-7-18(28)8-10-19/h2-10,13-15H,11-12H2,1H3/b22-15-. The van der Waals surface area contributed by atoms with Crippen molar-refractivity contribution < 1.29 is 28.6 Å². The normalized spacial score (nSPS) is 14.3. The van der Waals surface area contributed by atoms with Crippen LogP contribution in [0.2, 0.25) is 5.02 Å². The fourth-order valence-corrected chi connectivity index (χ4v) is 4.81. The third kappa shape index (κ3) is 6.10. The van der Waals surface area contributed by atoms with Crippen LogP contribution in [-0.2, 0) is 4.79 Å². The van der Waals surface area contributed by atoms with Crippen LogP contribution in [-0.4, -0.2) is 42.3 Å². The fourth-order valence-electron chi connectivity index (χ4n) is 3.28. The van der Waals surface area contributed by atoms with Crippen molar-refractivity contribution in [2.75, 3.05) is 20.3 Å². The number of methoxy groups -OCH3 is 1. The van der Waals surface area contributed by atoms with Crippen molar-refractivity contribution >= 4 is 62.5 Å². The van der Waals surface area contributed by atoms with Gasteiger partial charge in [-0.3, -0.25) is 14.5 Å². The minimum absolute atomic E-state index is 0.103. The molecule has 0 atom stereocenters. The number of esters is 1. The zero-order valence-corrected chi connectivity index (χ0v) is 22.1. The number of hydrogen-bond donors (Lipinski definition) is 0. The summed E-state index contributed by atoms with van der Waals surface area (Å²) in [5.41, 5.74) is 0.977. The molecule has 0 bridgehead atoms. The molecule has 3 aromatic carbocycles. The molecule has 1 aliphatic heterocycles. The summed E-state index contributed by atoms with van der Waals surface area (Å²) >= 11 is 10.1. The highest BCUT2D eigenvalue weighted by Crippen LogP contribution is 2.39.